The highest BCUT2D eigenvalue weighted by molar-refractivity contribution is 7.91. The molecule has 0 unspecified atom stereocenters. The fourth-order valence-electron chi connectivity index (χ4n) is 1.66. The van der Waals surface area contributed by atoms with Crippen molar-refractivity contribution < 1.29 is 8.42 Å². The van der Waals surface area contributed by atoms with Gasteiger partial charge in [-0.05, 0) is 42.6 Å². The fourth-order valence-corrected chi connectivity index (χ4v) is 5.03. The Labute approximate surface area is 131 Å². The zero-order valence-corrected chi connectivity index (χ0v) is 14.1. The summed E-state index contributed by atoms with van der Waals surface area (Å²) >= 11 is 8.54. The second-order valence-corrected chi connectivity index (χ2v) is 8.86. The predicted molar refractivity (Wildman–Crippen MR) is 85.3 cm³/mol. The van der Waals surface area contributed by atoms with E-state index in [1.165, 1.54) is 22.7 Å². The molecule has 2 aromatic heterocycles. The zero-order valence-electron chi connectivity index (χ0n) is 10.8. The number of nitrogens with one attached hydrogen (secondary N) is 2. The van der Waals surface area contributed by atoms with Gasteiger partial charge in [0.2, 0.25) is 10.0 Å². The molecule has 20 heavy (non-hydrogen) atoms. The third-order valence-electron chi connectivity index (χ3n) is 2.57. The average molecular weight is 351 g/mol. The van der Waals surface area contributed by atoms with Crippen molar-refractivity contribution in [1.29, 1.82) is 0 Å². The van der Waals surface area contributed by atoms with E-state index in [0.29, 0.717) is 23.7 Å². The smallest absolute Gasteiger partial charge is 0.250 e. The molecule has 2 heterocycles. The van der Waals surface area contributed by atoms with Crippen LogP contribution in [0.4, 0.5) is 0 Å². The van der Waals surface area contributed by atoms with Crippen LogP contribution in [0.2, 0.25) is 4.34 Å². The molecule has 0 atom stereocenters. The van der Waals surface area contributed by atoms with Gasteiger partial charge in [0.05, 0.1) is 4.34 Å². The van der Waals surface area contributed by atoms with Crippen LogP contribution in [0.3, 0.4) is 0 Å². The normalized spacial score (nSPS) is 11.9. The number of halogens is 1. The van der Waals surface area contributed by atoms with E-state index in [2.05, 4.69) is 10.0 Å². The molecular formula is C12H15ClN2O2S3. The number of sulfonamides is 1. The molecule has 8 heteroatoms. The fraction of sp³-hybridized carbons (Fsp3) is 0.333. The summed E-state index contributed by atoms with van der Waals surface area (Å²) in [5, 5.41) is 4.85. The van der Waals surface area contributed by atoms with Crippen molar-refractivity contribution in [3.8, 4) is 0 Å². The number of hydrogen-bond donors (Lipinski definition) is 2. The molecule has 0 aliphatic heterocycles. The van der Waals surface area contributed by atoms with Crippen LogP contribution in [0.25, 0.3) is 0 Å². The lowest BCUT2D eigenvalue weighted by Crippen LogP contribution is -2.25. The molecule has 4 nitrogen and oxygen atoms in total. The van der Waals surface area contributed by atoms with Crippen molar-refractivity contribution in [3.63, 3.8) is 0 Å². The topological polar surface area (TPSA) is 58.2 Å². The van der Waals surface area contributed by atoms with Crippen LogP contribution >= 0.6 is 34.3 Å². The molecule has 2 rings (SSSR count). The highest BCUT2D eigenvalue weighted by Crippen LogP contribution is 2.22. The molecule has 0 fully saturated rings. The van der Waals surface area contributed by atoms with Crippen molar-refractivity contribution in [2.45, 2.75) is 17.2 Å². The van der Waals surface area contributed by atoms with Gasteiger partial charge >= 0.3 is 0 Å². The van der Waals surface area contributed by atoms with Crippen molar-refractivity contribution in [1.82, 2.24) is 10.0 Å². The molecule has 0 aliphatic carbocycles. The maximum absolute atomic E-state index is 12.1. The maximum atomic E-state index is 12.1. The minimum absolute atomic E-state index is 0.354. The summed E-state index contributed by atoms with van der Waals surface area (Å²) in [5.41, 5.74) is 0.975. The minimum atomic E-state index is -3.41. The van der Waals surface area contributed by atoms with E-state index in [1.54, 1.807) is 6.07 Å². The lowest BCUT2D eigenvalue weighted by molar-refractivity contribution is 0.584. The Morgan fingerprint density at radius 3 is 2.80 bits per heavy atom. The molecule has 0 aromatic carbocycles. The average Bonchev–Trinajstić information content (AvgIpc) is 2.99. The molecule has 0 spiro atoms. The maximum Gasteiger partial charge on any atom is 0.250 e. The molecular weight excluding hydrogens is 336 g/mol. The van der Waals surface area contributed by atoms with Crippen LogP contribution < -0.4 is 10.0 Å². The van der Waals surface area contributed by atoms with Crippen LogP contribution in [0.1, 0.15) is 10.4 Å². The molecule has 110 valence electrons. The molecule has 0 bridgehead atoms. The van der Waals surface area contributed by atoms with E-state index >= 15 is 0 Å². The van der Waals surface area contributed by atoms with Gasteiger partial charge in [0.15, 0.2) is 0 Å². The van der Waals surface area contributed by atoms with Crippen LogP contribution in [-0.2, 0) is 23.0 Å². The van der Waals surface area contributed by atoms with Gasteiger partial charge in [0.1, 0.15) is 4.21 Å². The molecule has 0 radical (unpaired) electrons. The first-order chi connectivity index (χ1) is 9.51. The lowest BCUT2D eigenvalue weighted by Gasteiger charge is -2.03. The number of rotatable bonds is 7. The van der Waals surface area contributed by atoms with Gasteiger partial charge in [-0.1, -0.05) is 11.6 Å². The Balaban J connectivity index is 1.92. The molecule has 2 aromatic rings. The highest BCUT2D eigenvalue weighted by atomic mass is 35.5. The quantitative estimate of drug-likeness (QED) is 0.807. The van der Waals surface area contributed by atoms with Gasteiger partial charge in [-0.15, -0.1) is 22.7 Å². The van der Waals surface area contributed by atoms with Gasteiger partial charge in [0.25, 0.3) is 0 Å². The van der Waals surface area contributed by atoms with Gasteiger partial charge < -0.3 is 5.32 Å². The lowest BCUT2D eigenvalue weighted by atomic mass is 10.3. The largest absolute Gasteiger partial charge is 0.316 e. The Morgan fingerprint density at radius 1 is 1.35 bits per heavy atom. The number of hydrogen-bond acceptors (Lipinski definition) is 5. The van der Waals surface area contributed by atoms with Gasteiger partial charge in [-0.3, -0.25) is 0 Å². The van der Waals surface area contributed by atoms with E-state index in [4.69, 9.17) is 11.6 Å². The Bertz CT molecular complexity index is 664. The van der Waals surface area contributed by atoms with E-state index in [9.17, 15) is 8.42 Å². The molecule has 2 N–H and O–H groups in total. The summed E-state index contributed by atoms with van der Waals surface area (Å²) in [4.78, 5) is 1.07. The Morgan fingerprint density at radius 2 is 2.15 bits per heavy atom. The first-order valence-corrected chi connectivity index (χ1v) is 9.53. The summed E-state index contributed by atoms with van der Waals surface area (Å²) < 4.78 is 27.9. The Kier molecular flexibility index (Phi) is 5.59. The third kappa shape index (κ3) is 4.28. The number of thiophene rings is 2. The zero-order chi connectivity index (χ0) is 14.6. The monoisotopic (exact) mass is 350 g/mol. The second kappa shape index (κ2) is 7.02. The van der Waals surface area contributed by atoms with Crippen molar-refractivity contribution in [2.75, 3.05) is 13.6 Å². The molecule has 0 amide bonds. The summed E-state index contributed by atoms with van der Waals surface area (Å²) in [6, 6.07) is 5.43. The predicted octanol–water partition coefficient (Wildman–Crippen LogP) is 2.70. The van der Waals surface area contributed by atoms with Crippen LogP contribution in [0.5, 0.6) is 0 Å². The minimum Gasteiger partial charge on any atom is -0.316 e. The van der Waals surface area contributed by atoms with Crippen LogP contribution in [0, 0.1) is 0 Å². The first kappa shape index (κ1) is 15.9. The molecule has 0 aliphatic rings. The summed E-state index contributed by atoms with van der Waals surface area (Å²) in [7, 11) is -1.58. The van der Waals surface area contributed by atoms with Crippen LogP contribution in [0.15, 0.2) is 27.8 Å². The van der Waals surface area contributed by atoms with Crippen molar-refractivity contribution >= 4 is 44.3 Å². The summed E-state index contributed by atoms with van der Waals surface area (Å²) in [5.74, 6) is 0. The van der Waals surface area contributed by atoms with Crippen LogP contribution in [-0.4, -0.2) is 22.0 Å². The molecule has 0 saturated carbocycles. The van der Waals surface area contributed by atoms with Gasteiger partial charge in [-0.25, -0.2) is 13.1 Å². The highest BCUT2D eigenvalue weighted by Gasteiger charge is 2.16. The van der Waals surface area contributed by atoms with E-state index < -0.39 is 10.0 Å². The first-order valence-electron chi connectivity index (χ1n) is 5.97. The summed E-state index contributed by atoms with van der Waals surface area (Å²) in [6.45, 7) is 1.04. The van der Waals surface area contributed by atoms with Gasteiger partial charge in [-0.2, -0.15) is 0 Å². The summed E-state index contributed by atoms with van der Waals surface area (Å²) in [6.07, 6.45) is 0.644. The second-order valence-electron chi connectivity index (χ2n) is 4.16. The van der Waals surface area contributed by atoms with Crippen molar-refractivity contribution in [3.05, 3.63) is 38.4 Å². The van der Waals surface area contributed by atoms with E-state index in [1.807, 2.05) is 24.6 Å². The van der Waals surface area contributed by atoms with E-state index in [0.717, 1.165) is 14.8 Å². The molecule has 0 saturated heterocycles. The van der Waals surface area contributed by atoms with Crippen molar-refractivity contribution in [2.24, 2.45) is 0 Å². The standard InChI is InChI=1S/C12H15ClN2O2S3/c1-14-7-9-6-12(18-8-9)20(16,17)15-5-4-10-2-3-11(13)19-10/h2-3,6,8,14-15H,4-5,7H2,1H3. The third-order valence-corrected chi connectivity index (χ3v) is 6.81. The Hall–Kier alpha value is -0.440. The SMILES string of the molecule is CNCc1csc(S(=O)(=O)NCCc2ccc(Cl)s2)c1. The van der Waals surface area contributed by atoms with E-state index in [-0.39, 0.29) is 0 Å². The van der Waals surface area contributed by atoms with Gasteiger partial charge in [0, 0.05) is 18.0 Å².